The maximum absolute atomic E-state index is 12.3. The van der Waals surface area contributed by atoms with Crippen LogP contribution in [0.3, 0.4) is 0 Å². The lowest BCUT2D eigenvalue weighted by Crippen LogP contribution is -2.28. The predicted molar refractivity (Wildman–Crippen MR) is 102 cm³/mol. The Morgan fingerprint density at radius 3 is 2.60 bits per heavy atom. The van der Waals surface area contributed by atoms with Gasteiger partial charge in [0.15, 0.2) is 0 Å². The molecule has 8 heteroatoms. The molecule has 2 aromatic rings. The maximum atomic E-state index is 12.3. The van der Waals surface area contributed by atoms with Gasteiger partial charge in [0, 0.05) is 18.3 Å². The van der Waals surface area contributed by atoms with Gasteiger partial charge in [-0.25, -0.2) is 9.97 Å². The van der Waals surface area contributed by atoms with Crippen molar-refractivity contribution in [1.82, 2.24) is 20.2 Å². The van der Waals surface area contributed by atoms with E-state index < -0.39 is 0 Å². The molecule has 25 heavy (non-hydrogen) atoms. The first-order valence-electron chi connectivity index (χ1n) is 7.86. The number of hydrogen-bond acceptors (Lipinski definition) is 5. The van der Waals surface area contributed by atoms with Crippen molar-refractivity contribution in [2.45, 2.75) is 13.3 Å². The molecule has 1 aromatic carbocycles. The highest BCUT2D eigenvalue weighted by Gasteiger charge is 2.11. The Morgan fingerprint density at radius 1 is 1.16 bits per heavy atom. The van der Waals surface area contributed by atoms with Crippen molar-refractivity contribution >= 4 is 40.6 Å². The third-order valence-corrected chi connectivity index (χ3v) is 4.07. The fourth-order valence-electron chi connectivity index (χ4n) is 2.16. The van der Waals surface area contributed by atoms with Crippen LogP contribution in [0, 0.1) is 6.92 Å². The minimum Gasteiger partial charge on any atom is -0.351 e. The summed E-state index contributed by atoms with van der Waals surface area (Å²) in [4.78, 5) is 22.8. The summed E-state index contributed by atoms with van der Waals surface area (Å²) < 4.78 is 0. The zero-order valence-corrected chi connectivity index (χ0v) is 15.9. The molecule has 0 radical (unpaired) electrons. The molecule has 6 nitrogen and oxygen atoms in total. The smallest absolute Gasteiger partial charge is 0.270 e. The Bertz CT molecular complexity index is 752. The highest BCUT2D eigenvalue weighted by atomic mass is 35.5. The van der Waals surface area contributed by atoms with Crippen molar-refractivity contribution in [3.05, 3.63) is 45.8 Å². The second-order valence-electron chi connectivity index (χ2n) is 5.85. The minimum absolute atomic E-state index is 0.221. The number of aromatic nitrogens is 2. The van der Waals surface area contributed by atoms with Crippen LogP contribution in [-0.2, 0) is 0 Å². The number of anilines is 2. The number of carbonyl (C=O) groups is 1. The lowest BCUT2D eigenvalue weighted by molar-refractivity contribution is 0.0947. The quantitative estimate of drug-likeness (QED) is 0.718. The number of halogens is 2. The molecule has 0 aliphatic carbocycles. The van der Waals surface area contributed by atoms with E-state index in [2.05, 4.69) is 25.5 Å². The van der Waals surface area contributed by atoms with E-state index in [1.165, 1.54) is 0 Å². The van der Waals surface area contributed by atoms with Gasteiger partial charge in [0.25, 0.3) is 5.91 Å². The van der Waals surface area contributed by atoms with E-state index >= 15 is 0 Å². The van der Waals surface area contributed by atoms with Gasteiger partial charge < -0.3 is 15.5 Å². The number of hydrogen-bond donors (Lipinski definition) is 2. The lowest BCUT2D eigenvalue weighted by Gasteiger charge is -2.11. The van der Waals surface area contributed by atoms with E-state index in [1.54, 1.807) is 31.2 Å². The van der Waals surface area contributed by atoms with E-state index in [0.29, 0.717) is 33.9 Å². The van der Waals surface area contributed by atoms with E-state index in [9.17, 15) is 4.79 Å². The Balaban J connectivity index is 2.06. The van der Waals surface area contributed by atoms with Crippen molar-refractivity contribution in [1.29, 1.82) is 0 Å². The van der Waals surface area contributed by atoms with E-state index in [-0.39, 0.29) is 5.91 Å². The number of carbonyl (C=O) groups excluding carboxylic acids is 1. The highest BCUT2D eigenvalue weighted by molar-refractivity contribution is 6.42. The van der Waals surface area contributed by atoms with Crippen molar-refractivity contribution < 1.29 is 4.79 Å². The molecule has 0 atom stereocenters. The summed E-state index contributed by atoms with van der Waals surface area (Å²) in [6, 6.07) is 6.78. The molecule has 0 unspecified atom stereocenters. The molecule has 1 amide bonds. The third kappa shape index (κ3) is 6.16. The zero-order valence-electron chi connectivity index (χ0n) is 14.4. The van der Waals surface area contributed by atoms with Gasteiger partial charge in [-0.1, -0.05) is 23.2 Å². The second kappa shape index (κ2) is 8.99. The first kappa shape index (κ1) is 19.4. The van der Waals surface area contributed by atoms with E-state index in [1.807, 2.05) is 14.1 Å². The molecule has 0 aliphatic rings. The van der Waals surface area contributed by atoms with Crippen LogP contribution < -0.4 is 10.6 Å². The number of rotatable bonds is 7. The Hall–Kier alpha value is -1.89. The van der Waals surface area contributed by atoms with E-state index in [0.717, 1.165) is 18.7 Å². The molecule has 0 saturated heterocycles. The Kier molecular flexibility index (Phi) is 6.99. The number of benzene rings is 1. The van der Waals surface area contributed by atoms with Crippen LogP contribution in [-0.4, -0.2) is 48.0 Å². The number of nitrogens with one attached hydrogen (secondary N) is 2. The first-order chi connectivity index (χ1) is 11.8. The number of aryl methyl sites for hydroxylation is 1. The molecule has 0 fully saturated rings. The Morgan fingerprint density at radius 2 is 1.92 bits per heavy atom. The summed E-state index contributed by atoms with van der Waals surface area (Å²) in [5.74, 6) is 0.800. The minimum atomic E-state index is -0.221. The van der Waals surface area contributed by atoms with Crippen molar-refractivity contribution in [3.63, 3.8) is 0 Å². The van der Waals surface area contributed by atoms with Crippen LogP contribution in [0.4, 0.5) is 11.5 Å². The van der Waals surface area contributed by atoms with Crippen LogP contribution >= 0.6 is 23.2 Å². The molecule has 2 N–H and O–H groups in total. The highest BCUT2D eigenvalue weighted by Crippen LogP contribution is 2.26. The van der Waals surface area contributed by atoms with E-state index in [4.69, 9.17) is 23.2 Å². The molecule has 0 spiro atoms. The van der Waals surface area contributed by atoms with Gasteiger partial charge in [-0.15, -0.1) is 0 Å². The molecule has 0 aliphatic heterocycles. The fourth-order valence-corrected chi connectivity index (χ4v) is 2.46. The summed E-state index contributed by atoms with van der Waals surface area (Å²) in [6.45, 7) is 3.24. The standard InChI is InChI=1S/C17H21Cl2N5O/c1-11-21-15(17(25)20-7-4-8-24(2)3)10-16(22-11)23-12-5-6-13(18)14(19)9-12/h5-6,9-10H,4,7-8H2,1-3H3,(H,20,25)(H,21,22,23). The van der Waals surface area contributed by atoms with Crippen molar-refractivity contribution in [2.75, 3.05) is 32.5 Å². The third-order valence-electron chi connectivity index (χ3n) is 3.33. The number of amides is 1. The molecule has 0 bridgehead atoms. The summed E-state index contributed by atoms with van der Waals surface area (Å²) in [7, 11) is 3.99. The van der Waals surface area contributed by atoms with Gasteiger partial charge in [-0.3, -0.25) is 4.79 Å². The van der Waals surface area contributed by atoms with Crippen LogP contribution in [0.5, 0.6) is 0 Å². The largest absolute Gasteiger partial charge is 0.351 e. The summed E-state index contributed by atoms with van der Waals surface area (Å²) in [5.41, 5.74) is 1.05. The molecule has 1 aromatic heterocycles. The predicted octanol–water partition coefficient (Wildman–Crippen LogP) is 3.52. The van der Waals surface area contributed by atoms with Gasteiger partial charge in [0.05, 0.1) is 10.0 Å². The summed E-state index contributed by atoms with van der Waals surface area (Å²) >= 11 is 11.9. The molecular weight excluding hydrogens is 361 g/mol. The van der Waals surface area contributed by atoms with Gasteiger partial charge in [0.1, 0.15) is 17.3 Å². The lowest BCUT2D eigenvalue weighted by atomic mass is 10.3. The van der Waals surface area contributed by atoms with Gasteiger partial charge >= 0.3 is 0 Å². The number of nitrogens with zero attached hydrogens (tertiary/aromatic N) is 3. The molecular formula is C17H21Cl2N5O. The van der Waals surface area contributed by atoms with Crippen molar-refractivity contribution in [2.24, 2.45) is 0 Å². The molecule has 2 rings (SSSR count). The normalized spacial score (nSPS) is 10.8. The topological polar surface area (TPSA) is 70.2 Å². The van der Waals surface area contributed by atoms with Crippen LogP contribution in [0.2, 0.25) is 10.0 Å². The molecule has 134 valence electrons. The monoisotopic (exact) mass is 381 g/mol. The summed E-state index contributed by atoms with van der Waals surface area (Å²) in [5, 5.41) is 6.89. The summed E-state index contributed by atoms with van der Waals surface area (Å²) in [6.07, 6.45) is 0.872. The van der Waals surface area contributed by atoms with Gasteiger partial charge in [-0.05, 0) is 52.2 Å². The average Bonchev–Trinajstić information content (AvgIpc) is 2.54. The first-order valence-corrected chi connectivity index (χ1v) is 8.61. The average molecular weight is 382 g/mol. The molecule has 0 saturated carbocycles. The fraction of sp³-hybridized carbons (Fsp3) is 0.353. The molecule has 1 heterocycles. The van der Waals surface area contributed by atoms with Crippen LogP contribution in [0.25, 0.3) is 0 Å². The van der Waals surface area contributed by atoms with Crippen LogP contribution in [0.15, 0.2) is 24.3 Å². The van der Waals surface area contributed by atoms with Gasteiger partial charge in [-0.2, -0.15) is 0 Å². The van der Waals surface area contributed by atoms with Crippen LogP contribution in [0.1, 0.15) is 22.7 Å². The maximum Gasteiger partial charge on any atom is 0.270 e. The van der Waals surface area contributed by atoms with Gasteiger partial charge in [0.2, 0.25) is 0 Å². The SMILES string of the molecule is Cc1nc(Nc2ccc(Cl)c(Cl)c2)cc(C(=O)NCCCN(C)C)n1. The van der Waals surface area contributed by atoms with Crippen molar-refractivity contribution in [3.8, 4) is 0 Å². The Labute approximate surface area is 157 Å². The zero-order chi connectivity index (χ0) is 18.4. The second-order valence-corrected chi connectivity index (χ2v) is 6.67.